The Balaban J connectivity index is 0.000000788. The van der Waals surface area contributed by atoms with Crippen molar-refractivity contribution in [3.63, 3.8) is 0 Å². The van der Waals surface area contributed by atoms with E-state index in [0.29, 0.717) is 53.9 Å². The SMILES string of the molecule is C.COCCOCC(=O)O.COCCOCC(=O)Oc1cc(-c2cc(C)c(C)c(C)c2)cc(C)c1Oc1ccc(S(=O)(=O)c2ccc(OC)cc2)cc1.COc1ccc(S(=O)(=O)c2ccc(Oc3c(C)cc(-c4cc(C)c(C)c(C)c4)cc3CBr)cc2)cc1.O=CO[O-].[H-].[K+].[K+]. The number of carbonyl (C=O) groups excluding carboxylic acids is 2. The molecule has 0 atom stereocenters. The number of alkyl halides is 1. The van der Waals surface area contributed by atoms with Crippen molar-refractivity contribution < 1.29 is 193 Å². The third-order valence-corrected chi connectivity index (χ3v) is 18.5. The van der Waals surface area contributed by atoms with E-state index in [2.05, 4.69) is 108 Å². The number of hydrogen-bond donors (Lipinski definition) is 1. The first kappa shape index (κ1) is 85.9. The van der Waals surface area contributed by atoms with Crippen LogP contribution in [0.25, 0.3) is 22.3 Å². The van der Waals surface area contributed by atoms with Crippen LogP contribution in [0.1, 0.15) is 58.9 Å². The normalized spacial score (nSPS) is 10.5. The number of carboxylic acid groups (broad SMARTS) is 1. The maximum atomic E-state index is 13.1. The minimum Gasteiger partial charge on any atom is -1.00 e. The maximum absolute atomic E-state index is 13.1. The molecule has 24 heteroatoms. The molecule has 500 valence electrons. The fourth-order valence-corrected chi connectivity index (χ4v) is 11.9. The minimum absolute atomic E-state index is 0. The number of methoxy groups -OCH3 is 4. The number of aliphatic carboxylic acids is 1. The summed E-state index contributed by atoms with van der Waals surface area (Å²) in [5, 5.41) is 17.1. The Morgan fingerprint density at radius 3 is 1.14 bits per heavy atom. The molecule has 0 bridgehead atoms. The van der Waals surface area contributed by atoms with E-state index in [1.807, 2.05) is 19.9 Å². The second-order valence-corrected chi connectivity index (χ2v) is 25.1. The number of esters is 1. The smallest absolute Gasteiger partial charge is 1.00 e. The van der Waals surface area contributed by atoms with Crippen molar-refractivity contribution in [2.24, 2.45) is 0 Å². The number of halogens is 1. The largest absolute Gasteiger partial charge is 1.00 e. The molecule has 8 rings (SSSR count). The van der Waals surface area contributed by atoms with Gasteiger partial charge in [-0.3, -0.25) is 4.79 Å². The zero-order chi connectivity index (χ0) is 67.7. The number of benzene rings is 8. The molecule has 0 heterocycles. The Morgan fingerprint density at radius 1 is 0.484 bits per heavy atom. The van der Waals surface area contributed by atoms with Crippen LogP contribution in [-0.4, -0.2) is 108 Å². The monoisotopic (exact) mass is 1460 g/mol. The zero-order valence-corrected chi connectivity index (χ0v) is 64.8. The number of carboxylic acids is 1. The Bertz CT molecular complexity index is 3960. The summed E-state index contributed by atoms with van der Waals surface area (Å²) in [7, 11) is -1.24. The Labute approximate surface area is 653 Å². The van der Waals surface area contributed by atoms with Crippen molar-refractivity contribution in [3.05, 3.63) is 196 Å². The van der Waals surface area contributed by atoms with Crippen molar-refractivity contribution in [3.8, 4) is 62.5 Å². The van der Waals surface area contributed by atoms with Crippen LogP contribution in [0.3, 0.4) is 0 Å². The summed E-state index contributed by atoms with van der Waals surface area (Å²) in [6, 6.07) is 41.8. The van der Waals surface area contributed by atoms with Gasteiger partial charge in [0.25, 0.3) is 6.47 Å². The zero-order valence-electron chi connectivity index (χ0n) is 56.4. The van der Waals surface area contributed by atoms with Crippen LogP contribution in [0.5, 0.6) is 40.2 Å². The molecule has 1 N–H and O–H groups in total. The van der Waals surface area contributed by atoms with Crippen LogP contribution < -0.4 is 132 Å². The van der Waals surface area contributed by atoms with Gasteiger partial charge in [-0.2, -0.15) is 0 Å². The average Bonchev–Trinajstić information content (AvgIpc) is 0.822. The fraction of sp³-hybridized carbons (Fsp3) is 0.282. The van der Waals surface area contributed by atoms with Gasteiger partial charge in [0.15, 0.2) is 11.5 Å². The molecular weight excluding hydrogens is 1380 g/mol. The third-order valence-electron chi connectivity index (χ3n) is 14.3. The number of sulfone groups is 2. The molecule has 0 aliphatic heterocycles. The van der Waals surface area contributed by atoms with Gasteiger partial charge in [-0.15, -0.1) is 0 Å². The van der Waals surface area contributed by atoms with Crippen molar-refractivity contribution >= 4 is 54.0 Å². The first-order valence-corrected chi connectivity index (χ1v) is 32.6. The summed E-state index contributed by atoms with van der Waals surface area (Å²) in [5.74, 6) is 1.90. The molecule has 0 fully saturated rings. The van der Waals surface area contributed by atoms with E-state index in [-0.39, 0.29) is 163 Å². The molecule has 8 aromatic rings. The summed E-state index contributed by atoms with van der Waals surface area (Å²) in [4.78, 5) is 34.4. The van der Waals surface area contributed by atoms with Gasteiger partial charge >= 0.3 is 115 Å². The summed E-state index contributed by atoms with van der Waals surface area (Å²) in [5.41, 5.74) is 14.3. The van der Waals surface area contributed by atoms with Crippen molar-refractivity contribution in [2.45, 2.75) is 87.7 Å². The Kier molecular flexibility index (Phi) is 38.5. The Hall–Kier alpha value is -5.18. The first-order valence-electron chi connectivity index (χ1n) is 28.5. The molecule has 19 nitrogen and oxygen atoms in total. The molecule has 8 aromatic carbocycles. The second-order valence-electron chi connectivity index (χ2n) is 20.7. The molecule has 0 unspecified atom stereocenters. The number of carbonyl (C=O) groups is 3. The van der Waals surface area contributed by atoms with Crippen LogP contribution in [0.4, 0.5) is 0 Å². The average molecular weight is 1460 g/mol. The molecule has 95 heavy (non-hydrogen) atoms. The third kappa shape index (κ3) is 25.6. The molecule has 0 aliphatic rings. The van der Waals surface area contributed by atoms with E-state index >= 15 is 0 Å². The van der Waals surface area contributed by atoms with Crippen molar-refractivity contribution in [2.75, 3.05) is 68.1 Å². The maximum Gasteiger partial charge on any atom is 1.00 e. The summed E-state index contributed by atoms with van der Waals surface area (Å²) in [6.07, 6.45) is 0. The predicted octanol–water partition coefficient (Wildman–Crippen LogP) is 7.83. The van der Waals surface area contributed by atoms with Crippen molar-refractivity contribution in [1.29, 1.82) is 0 Å². The Morgan fingerprint density at radius 2 is 0.800 bits per heavy atom. The summed E-state index contributed by atoms with van der Waals surface area (Å²) < 4.78 is 100. The van der Waals surface area contributed by atoms with E-state index < -0.39 is 31.6 Å². The van der Waals surface area contributed by atoms with Crippen LogP contribution in [0.2, 0.25) is 0 Å². The topological polar surface area (TPSA) is 255 Å². The summed E-state index contributed by atoms with van der Waals surface area (Å²) in [6.45, 7) is 17.2. The van der Waals surface area contributed by atoms with Gasteiger partial charge in [0.05, 0.1) is 60.2 Å². The quantitative estimate of drug-likeness (QED) is 0.00836. The van der Waals surface area contributed by atoms with Gasteiger partial charge in [0.1, 0.15) is 42.0 Å². The predicted molar refractivity (Wildman–Crippen MR) is 358 cm³/mol. The molecule has 0 aromatic heterocycles. The number of ether oxygens (including phenoxy) is 9. The van der Waals surface area contributed by atoms with E-state index in [1.54, 1.807) is 93.1 Å². The van der Waals surface area contributed by atoms with E-state index in [9.17, 15) is 26.4 Å². The van der Waals surface area contributed by atoms with Crippen LogP contribution in [-0.2, 0) is 63.2 Å². The van der Waals surface area contributed by atoms with E-state index in [1.165, 1.54) is 66.3 Å². The van der Waals surface area contributed by atoms with Gasteiger partial charge in [0.2, 0.25) is 19.7 Å². The molecule has 0 radical (unpaired) electrons. The van der Waals surface area contributed by atoms with Gasteiger partial charge in [-0.25, -0.2) is 26.4 Å². The minimum atomic E-state index is -3.75. The molecule has 0 saturated carbocycles. The van der Waals surface area contributed by atoms with E-state index in [4.69, 9.17) is 48.3 Å². The number of hydrogen-bond acceptors (Lipinski definition) is 18. The molecule has 0 spiro atoms. The van der Waals surface area contributed by atoms with Gasteiger partial charge in [-0.1, -0.05) is 47.6 Å². The fourth-order valence-electron chi connectivity index (χ4n) is 8.92. The van der Waals surface area contributed by atoms with Gasteiger partial charge in [0, 0.05) is 25.1 Å². The van der Waals surface area contributed by atoms with Gasteiger partial charge < -0.3 is 59.3 Å². The number of rotatable bonds is 25. The molecule has 0 saturated heterocycles. The molecule has 0 aliphatic carbocycles. The van der Waals surface area contributed by atoms with Crippen LogP contribution >= 0.6 is 15.9 Å². The molecule has 0 amide bonds. The van der Waals surface area contributed by atoms with E-state index in [0.717, 1.165) is 50.3 Å². The number of aryl methyl sites for hydroxylation is 6. The van der Waals surface area contributed by atoms with Crippen LogP contribution in [0, 0.1) is 55.4 Å². The van der Waals surface area contributed by atoms with Crippen molar-refractivity contribution in [1.82, 2.24) is 0 Å². The van der Waals surface area contributed by atoms with Crippen LogP contribution in [0.15, 0.2) is 165 Å². The second kappa shape index (κ2) is 42.6. The first-order chi connectivity index (χ1) is 43.8. The standard InChI is InChI=1S/C34H36O8S.C30H29BrO4S.C5H10O4.CH2O3.CH4.2K.H/c1-22-17-26(18-23(2)25(22)4)27-19-24(3)34(32(20-27)42-33(35)21-40-16-15-38-5)41-29-9-13-31(14-10-29)43(36,37)30-11-7-28(39-6)8-12-30;1-19-14-23(15-20(2)22(19)4)24-16-21(3)30(25(17-24)18-31)35-27-8-12-29(13-9-27)36(32,33)28-10-6-26(34-5)7-11-28;1-8-2-3-9-4-5(6)7;2-1-4-3;;;;/h7-14,17-20H,15-16,21H2,1-6H3;6-17H,18H2,1-5H3;2-4H2,1H3,(H,6,7);1,3H;1H4;;;/q;;;;;2*+1;-1/p-1. The van der Waals surface area contributed by atoms with Gasteiger partial charge in [-0.05, 0) is 243 Å². The molecular formula is C71H81BrK2O19S2. The summed E-state index contributed by atoms with van der Waals surface area (Å²) >= 11 is 3.61.